The lowest BCUT2D eigenvalue weighted by molar-refractivity contribution is -0.0529. The number of rotatable bonds is 3. The number of ether oxygens (including phenoxy) is 2. The molecule has 1 fully saturated rings. The third kappa shape index (κ3) is 3.86. The molecule has 0 saturated carbocycles. The molecular formula is C13H16F2N2O3. The van der Waals surface area contributed by atoms with Gasteiger partial charge in [-0.3, -0.25) is 4.79 Å². The van der Waals surface area contributed by atoms with E-state index in [0.29, 0.717) is 26.3 Å². The zero-order valence-corrected chi connectivity index (χ0v) is 11.1. The number of halogens is 2. The van der Waals surface area contributed by atoms with Gasteiger partial charge in [0.25, 0.3) is 5.91 Å². The number of amides is 1. The highest BCUT2D eigenvalue weighted by atomic mass is 19.3. The first-order chi connectivity index (χ1) is 9.56. The van der Waals surface area contributed by atoms with Gasteiger partial charge in [0.15, 0.2) is 0 Å². The van der Waals surface area contributed by atoms with Crippen molar-refractivity contribution in [2.45, 2.75) is 13.5 Å². The fraction of sp³-hybridized carbons (Fsp3) is 0.538. The highest BCUT2D eigenvalue weighted by molar-refractivity contribution is 5.94. The number of carbonyl (C=O) groups excluding carboxylic acids is 1. The Morgan fingerprint density at radius 1 is 1.60 bits per heavy atom. The van der Waals surface area contributed by atoms with Crippen LogP contribution in [-0.2, 0) is 4.74 Å². The number of aromatic nitrogens is 1. The van der Waals surface area contributed by atoms with E-state index < -0.39 is 6.61 Å². The Balaban J connectivity index is 2.11. The Hall–Kier alpha value is -1.76. The molecule has 5 nitrogen and oxygen atoms in total. The van der Waals surface area contributed by atoms with Crippen LogP contribution in [0.15, 0.2) is 18.3 Å². The van der Waals surface area contributed by atoms with Crippen LogP contribution in [0.5, 0.6) is 5.88 Å². The number of nitrogens with zero attached hydrogens (tertiary/aromatic N) is 2. The minimum absolute atomic E-state index is 0.233. The van der Waals surface area contributed by atoms with Crippen LogP contribution in [0.3, 0.4) is 0 Å². The summed E-state index contributed by atoms with van der Waals surface area (Å²) < 4.78 is 33.8. The van der Waals surface area contributed by atoms with E-state index in [4.69, 9.17) is 4.74 Å². The Bertz CT molecular complexity index is 471. The predicted molar refractivity (Wildman–Crippen MR) is 66.8 cm³/mol. The lowest BCUT2D eigenvalue weighted by Gasteiger charge is -2.22. The molecule has 0 bridgehead atoms. The summed E-state index contributed by atoms with van der Waals surface area (Å²) in [6, 6.07) is 2.71. The van der Waals surface area contributed by atoms with Crippen LogP contribution >= 0.6 is 0 Å². The summed E-state index contributed by atoms with van der Waals surface area (Å²) in [5.74, 6) is -0.256. The highest BCUT2D eigenvalue weighted by Gasteiger charge is 2.21. The van der Waals surface area contributed by atoms with Gasteiger partial charge in [-0.15, -0.1) is 0 Å². The van der Waals surface area contributed by atoms with Crippen molar-refractivity contribution in [1.82, 2.24) is 9.88 Å². The summed E-state index contributed by atoms with van der Waals surface area (Å²) in [6.45, 7) is 1.17. The van der Waals surface area contributed by atoms with Crippen molar-refractivity contribution in [3.05, 3.63) is 23.9 Å². The zero-order valence-electron chi connectivity index (χ0n) is 11.1. The molecule has 1 aliphatic heterocycles. The average molecular weight is 286 g/mol. The van der Waals surface area contributed by atoms with E-state index in [-0.39, 0.29) is 23.3 Å². The van der Waals surface area contributed by atoms with Crippen molar-refractivity contribution in [3.63, 3.8) is 0 Å². The molecule has 1 aromatic rings. The minimum Gasteiger partial charge on any atom is -0.417 e. The second-order valence-corrected chi connectivity index (χ2v) is 4.69. The summed E-state index contributed by atoms with van der Waals surface area (Å²) in [7, 11) is 0. The Morgan fingerprint density at radius 2 is 2.40 bits per heavy atom. The number of hydrogen-bond donors (Lipinski definition) is 0. The van der Waals surface area contributed by atoms with Crippen molar-refractivity contribution in [2.75, 3.05) is 26.3 Å². The van der Waals surface area contributed by atoms with E-state index in [2.05, 4.69) is 9.72 Å². The molecule has 0 aromatic carbocycles. The summed E-state index contributed by atoms with van der Waals surface area (Å²) in [4.78, 5) is 17.6. The number of carbonyl (C=O) groups is 1. The summed E-state index contributed by atoms with van der Waals surface area (Å²) in [6.07, 6.45) is 1.28. The molecular weight excluding hydrogens is 270 g/mol. The maximum absolute atomic E-state index is 12.3. The topological polar surface area (TPSA) is 51.7 Å². The van der Waals surface area contributed by atoms with E-state index >= 15 is 0 Å². The van der Waals surface area contributed by atoms with Crippen LogP contribution < -0.4 is 4.74 Å². The van der Waals surface area contributed by atoms with Crippen molar-refractivity contribution < 1.29 is 23.0 Å². The van der Waals surface area contributed by atoms with Crippen LogP contribution in [0.25, 0.3) is 0 Å². The van der Waals surface area contributed by atoms with Crippen molar-refractivity contribution in [2.24, 2.45) is 5.92 Å². The standard InChI is InChI=1S/C13H16F2N2O3/c1-9-7-17(4-5-19-8-9)12(18)10-2-3-16-11(6-10)20-13(14)15/h2-3,6,9,13H,4-5,7-8H2,1H3/t9-/m0/s1. The maximum Gasteiger partial charge on any atom is 0.388 e. The molecule has 110 valence electrons. The van der Waals surface area contributed by atoms with E-state index in [9.17, 15) is 13.6 Å². The third-order valence-corrected chi connectivity index (χ3v) is 2.92. The molecule has 1 atom stereocenters. The quantitative estimate of drug-likeness (QED) is 0.850. The van der Waals surface area contributed by atoms with E-state index in [0.717, 1.165) is 0 Å². The third-order valence-electron chi connectivity index (χ3n) is 2.92. The van der Waals surface area contributed by atoms with Gasteiger partial charge in [-0.05, 0) is 12.0 Å². The van der Waals surface area contributed by atoms with Crippen molar-refractivity contribution in [1.29, 1.82) is 0 Å². The molecule has 20 heavy (non-hydrogen) atoms. The zero-order chi connectivity index (χ0) is 14.5. The van der Waals surface area contributed by atoms with Gasteiger partial charge in [-0.1, -0.05) is 6.92 Å². The fourth-order valence-electron chi connectivity index (χ4n) is 2.04. The van der Waals surface area contributed by atoms with Crippen molar-refractivity contribution >= 4 is 5.91 Å². The SMILES string of the molecule is C[C@@H]1COCCN(C(=O)c2ccnc(OC(F)F)c2)C1. The van der Waals surface area contributed by atoms with Gasteiger partial charge < -0.3 is 14.4 Å². The molecule has 0 unspecified atom stereocenters. The first-order valence-electron chi connectivity index (χ1n) is 6.34. The normalized spacial score (nSPS) is 19.8. The lowest BCUT2D eigenvalue weighted by Crippen LogP contribution is -2.35. The summed E-state index contributed by atoms with van der Waals surface area (Å²) in [5, 5.41) is 0. The molecule has 2 heterocycles. The monoisotopic (exact) mass is 286 g/mol. The molecule has 1 saturated heterocycles. The molecule has 0 aliphatic carbocycles. The minimum atomic E-state index is -2.96. The molecule has 0 radical (unpaired) electrons. The Morgan fingerprint density at radius 3 is 3.15 bits per heavy atom. The van der Waals surface area contributed by atoms with Gasteiger partial charge in [-0.25, -0.2) is 4.98 Å². The largest absolute Gasteiger partial charge is 0.417 e. The number of pyridine rings is 1. The van der Waals surface area contributed by atoms with E-state index in [1.165, 1.54) is 18.3 Å². The van der Waals surface area contributed by atoms with Gasteiger partial charge in [-0.2, -0.15) is 8.78 Å². The average Bonchev–Trinajstić information content (AvgIpc) is 2.62. The molecule has 1 amide bonds. The number of alkyl halides is 2. The summed E-state index contributed by atoms with van der Waals surface area (Å²) in [5.41, 5.74) is 0.282. The van der Waals surface area contributed by atoms with Gasteiger partial charge >= 0.3 is 6.61 Å². The molecule has 1 aromatic heterocycles. The maximum atomic E-state index is 12.3. The first-order valence-corrected chi connectivity index (χ1v) is 6.34. The van der Waals surface area contributed by atoms with Crippen LogP contribution in [0.4, 0.5) is 8.78 Å². The van der Waals surface area contributed by atoms with Crippen molar-refractivity contribution in [3.8, 4) is 5.88 Å². The second kappa shape index (κ2) is 6.60. The lowest BCUT2D eigenvalue weighted by atomic mass is 10.1. The van der Waals surface area contributed by atoms with Crippen LogP contribution in [0, 0.1) is 5.92 Å². The number of hydrogen-bond acceptors (Lipinski definition) is 4. The van der Waals surface area contributed by atoms with Gasteiger partial charge in [0.2, 0.25) is 5.88 Å². The van der Waals surface area contributed by atoms with Gasteiger partial charge in [0.1, 0.15) is 0 Å². The second-order valence-electron chi connectivity index (χ2n) is 4.69. The van der Waals surface area contributed by atoms with Crippen LogP contribution in [-0.4, -0.2) is 48.7 Å². The molecule has 7 heteroatoms. The van der Waals surface area contributed by atoms with E-state index in [1.807, 2.05) is 6.92 Å². The van der Waals surface area contributed by atoms with Gasteiger partial charge in [0.05, 0.1) is 13.2 Å². The smallest absolute Gasteiger partial charge is 0.388 e. The van der Waals surface area contributed by atoms with E-state index in [1.54, 1.807) is 4.90 Å². The molecule has 1 aliphatic rings. The van der Waals surface area contributed by atoms with Crippen LogP contribution in [0.1, 0.15) is 17.3 Å². The Labute approximate surface area is 115 Å². The van der Waals surface area contributed by atoms with Crippen LogP contribution in [0.2, 0.25) is 0 Å². The molecule has 0 N–H and O–H groups in total. The molecule has 0 spiro atoms. The molecule has 2 rings (SSSR count). The summed E-state index contributed by atoms with van der Waals surface area (Å²) >= 11 is 0. The predicted octanol–water partition coefficient (Wildman–Crippen LogP) is 1.79. The highest BCUT2D eigenvalue weighted by Crippen LogP contribution is 2.16. The first kappa shape index (κ1) is 14.6. The Kier molecular flexibility index (Phi) is 4.84. The van der Waals surface area contributed by atoms with Gasteiger partial charge in [0, 0.05) is 30.9 Å². The fourth-order valence-corrected chi connectivity index (χ4v) is 2.04.